The van der Waals surface area contributed by atoms with E-state index < -0.39 is 0 Å². The topological polar surface area (TPSA) is 54.3 Å². The van der Waals surface area contributed by atoms with Crippen LogP contribution in [0.1, 0.15) is 43.2 Å². The third-order valence-electron chi connectivity index (χ3n) is 3.88. The smallest absolute Gasteiger partial charge is 0.270 e. The molecule has 1 saturated heterocycles. The molecule has 5 heteroatoms. The molecule has 1 fully saturated rings. The summed E-state index contributed by atoms with van der Waals surface area (Å²) in [6, 6.07) is 4.05. The van der Waals surface area contributed by atoms with E-state index in [4.69, 9.17) is 0 Å². The highest BCUT2D eigenvalue weighted by Gasteiger charge is 2.29. The first-order valence-corrected chi connectivity index (χ1v) is 7.19. The lowest BCUT2D eigenvalue weighted by Crippen LogP contribution is -2.31. The Balaban J connectivity index is 2.01. The third-order valence-corrected chi connectivity index (χ3v) is 3.88. The van der Waals surface area contributed by atoms with Crippen molar-refractivity contribution in [1.82, 2.24) is 14.8 Å². The normalized spacial score (nSPS) is 18.6. The SMILES string of the molecule is CNC(=O)C[C@@H]1CCN(C(=O)c2cccn2C(C)C)C1. The standard InChI is InChI=1S/C15H23N3O2/c1-11(2)18-7-4-5-13(18)15(20)17-8-6-12(10-17)9-14(19)16-3/h4-5,7,11-12H,6,8-10H2,1-3H3,(H,16,19)/t12-/m0/s1. The monoisotopic (exact) mass is 277 g/mol. The maximum Gasteiger partial charge on any atom is 0.270 e. The van der Waals surface area contributed by atoms with Crippen LogP contribution in [0.15, 0.2) is 18.3 Å². The second kappa shape index (κ2) is 6.11. The summed E-state index contributed by atoms with van der Waals surface area (Å²) in [5, 5.41) is 2.64. The van der Waals surface area contributed by atoms with Gasteiger partial charge in [0.2, 0.25) is 5.91 Å². The summed E-state index contributed by atoms with van der Waals surface area (Å²) >= 11 is 0. The van der Waals surface area contributed by atoms with Gasteiger partial charge in [0.1, 0.15) is 5.69 Å². The van der Waals surface area contributed by atoms with Crippen LogP contribution in [-0.4, -0.2) is 41.4 Å². The zero-order chi connectivity index (χ0) is 14.7. The highest BCUT2D eigenvalue weighted by atomic mass is 16.2. The van der Waals surface area contributed by atoms with Gasteiger partial charge >= 0.3 is 0 Å². The molecular weight excluding hydrogens is 254 g/mol. The highest BCUT2D eigenvalue weighted by molar-refractivity contribution is 5.93. The van der Waals surface area contributed by atoms with Crippen LogP contribution in [0.5, 0.6) is 0 Å². The fourth-order valence-electron chi connectivity index (χ4n) is 2.74. The number of likely N-dealkylation sites (tertiary alicyclic amines) is 1. The number of carbonyl (C=O) groups excluding carboxylic acids is 2. The van der Waals surface area contributed by atoms with E-state index >= 15 is 0 Å². The molecule has 20 heavy (non-hydrogen) atoms. The molecule has 0 radical (unpaired) electrons. The molecule has 2 heterocycles. The zero-order valence-corrected chi connectivity index (χ0v) is 12.4. The minimum atomic E-state index is 0.0508. The highest BCUT2D eigenvalue weighted by Crippen LogP contribution is 2.22. The molecule has 0 saturated carbocycles. The number of hydrogen-bond acceptors (Lipinski definition) is 2. The van der Waals surface area contributed by atoms with Crippen molar-refractivity contribution in [3.8, 4) is 0 Å². The van der Waals surface area contributed by atoms with Gasteiger partial charge in [-0.3, -0.25) is 9.59 Å². The molecule has 1 aliphatic heterocycles. The molecule has 0 aliphatic carbocycles. The van der Waals surface area contributed by atoms with Crippen molar-refractivity contribution in [2.24, 2.45) is 5.92 Å². The minimum absolute atomic E-state index is 0.0508. The summed E-state index contributed by atoms with van der Waals surface area (Å²) in [6.45, 7) is 5.55. The van der Waals surface area contributed by atoms with Crippen molar-refractivity contribution in [3.63, 3.8) is 0 Å². The lowest BCUT2D eigenvalue weighted by Gasteiger charge is -2.19. The molecule has 1 aromatic heterocycles. The van der Waals surface area contributed by atoms with E-state index in [1.165, 1.54) is 0 Å². The minimum Gasteiger partial charge on any atom is -0.359 e. The maximum absolute atomic E-state index is 12.5. The van der Waals surface area contributed by atoms with E-state index in [1.54, 1.807) is 7.05 Å². The average Bonchev–Trinajstić information content (AvgIpc) is 3.06. The van der Waals surface area contributed by atoms with Gasteiger partial charge in [0, 0.05) is 38.8 Å². The summed E-state index contributed by atoms with van der Waals surface area (Å²) in [6.07, 6.45) is 3.35. The summed E-state index contributed by atoms with van der Waals surface area (Å²) < 4.78 is 1.99. The van der Waals surface area contributed by atoms with Crippen LogP contribution in [0.25, 0.3) is 0 Å². The Labute approximate surface area is 119 Å². The summed E-state index contributed by atoms with van der Waals surface area (Å²) in [5.41, 5.74) is 0.737. The van der Waals surface area contributed by atoms with Gasteiger partial charge in [-0.1, -0.05) is 0 Å². The molecular formula is C15H23N3O2. The Morgan fingerprint density at radius 3 is 2.85 bits per heavy atom. The summed E-state index contributed by atoms with van der Waals surface area (Å²) in [7, 11) is 1.65. The molecule has 1 aromatic rings. The Hall–Kier alpha value is -1.78. The van der Waals surface area contributed by atoms with Crippen molar-refractivity contribution in [3.05, 3.63) is 24.0 Å². The Morgan fingerprint density at radius 2 is 2.20 bits per heavy atom. The number of hydrogen-bond donors (Lipinski definition) is 1. The van der Waals surface area contributed by atoms with Gasteiger partial charge < -0.3 is 14.8 Å². The van der Waals surface area contributed by atoms with Crippen LogP contribution < -0.4 is 5.32 Å². The summed E-state index contributed by atoms with van der Waals surface area (Å²) in [4.78, 5) is 25.8. The number of aromatic nitrogens is 1. The third kappa shape index (κ3) is 3.03. The molecule has 0 unspecified atom stereocenters. The number of carbonyl (C=O) groups is 2. The lowest BCUT2D eigenvalue weighted by molar-refractivity contribution is -0.121. The van der Waals surface area contributed by atoms with Crippen molar-refractivity contribution in [2.45, 2.75) is 32.7 Å². The molecule has 0 spiro atoms. The molecule has 2 rings (SSSR count). The fourth-order valence-corrected chi connectivity index (χ4v) is 2.74. The van der Waals surface area contributed by atoms with E-state index in [0.717, 1.165) is 18.7 Å². The molecule has 5 nitrogen and oxygen atoms in total. The molecule has 0 bridgehead atoms. The first-order valence-electron chi connectivity index (χ1n) is 7.19. The van der Waals surface area contributed by atoms with E-state index in [0.29, 0.717) is 13.0 Å². The van der Waals surface area contributed by atoms with Crippen molar-refractivity contribution < 1.29 is 9.59 Å². The first kappa shape index (κ1) is 14.6. The van der Waals surface area contributed by atoms with E-state index in [1.807, 2.05) is 27.8 Å². The number of amides is 2. The second-order valence-electron chi connectivity index (χ2n) is 5.68. The second-order valence-corrected chi connectivity index (χ2v) is 5.68. The molecule has 0 aromatic carbocycles. The Kier molecular flexibility index (Phi) is 4.47. The first-order chi connectivity index (χ1) is 9.52. The van der Waals surface area contributed by atoms with Crippen LogP contribution in [0.3, 0.4) is 0 Å². The Morgan fingerprint density at radius 1 is 1.45 bits per heavy atom. The molecule has 1 aliphatic rings. The van der Waals surface area contributed by atoms with Gasteiger partial charge in [0.15, 0.2) is 0 Å². The van der Waals surface area contributed by atoms with Crippen molar-refractivity contribution in [1.29, 1.82) is 0 Å². The molecule has 1 atom stereocenters. The quantitative estimate of drug-likeness (QED) is 0.910. The van der Waals surface area contributed by atoms with Crippen LogP contribution >= 0.6 is 0 Å². The largest absolute Gasteiger partial charge is 0.359 e. The number of nitrogens with one attached hydrogen (secondary N) is 1. The molecule has 2 amide bonds. The van der Waals surface area contributed by atoms with Crippen molar-refractivity contribution >= 4 is 11.8 Å². The Bertz CT molecular complexity index is 493. The predicted octanol–water partition coefficient (Wildman–Crippen LogP) is 1.67. The average molecular weight is 277 g/mol. The van der Waals surface area contributed by atoms with E-state index in [2.05, 4.69) is 19.2 Å². The maximum atomic E-state index is 12.5. The van der Waals surface area contributed by atoms with Crippen LogP contribution in [0, 0.1) is 5.92 Å². The van der Waals surface area contributed by atoms with Crippen molar-refractivity contribution in [2.75, 3.05) is 20.1 Å². The van der Waals surface area contributed by atoms with Gasteiger partial charge in [0.05, 0.1) is 0 Å². The van der Waals surface area contributed by atoms with E-state index in [-0.39, 0.29) is 23.8 Å². The van der Waals surface area contributed by atoms with Gasteiger partial charge in [-0.25, -0.2) is 0 Å². The van der Waals surface area contributed by atoms with Gasteiger partial charge in [-0.15, -0.1) is 0 Å². The van der Waals surface area contributed by atoms with Gasteiger partial charge in [0.25, 0.3) is 5.91 Å². The zero-order valence-electron chi connectivity index (χ0n) is 12.4. The molecule has 110 valence electrons. The molecule has 1 N–H and O–H groups in total. The van der Waals surface area contributed by atoms with Crippen LogP contribution in [-0.2, 0) is 4.79 Å². The van der Waals surface area contributed by atoms with Gasteiger partial charge in [-0.2, -0.15) is 0 Å². The van der Waals surface area contributed by atoms with Crippen LogP contribution in [0.2, 0.25) is 0 Å². The fraction of sp³-hybridized carbons (Fsp3) is 0.600. The summed E-state index contributed by atoms with van der Waals surface area (Å²) in [5.74, 6) is 0.402. The van der Waals surface area contributed by atoms with Gasteiger partial charge in [-0.05, 0) is 38.3 Å². The lowest BCUT2D eigenvalue weighted by atomic mass is 10.0. The number of nitrogens with zero attached hydrogens (tertiary/aromatic N) is 2. The number of rotatable bonds is 4. The predicted molar refractivity (Wildman–Crippen MR) is 77.5 cm³/mol. The van der Waals surface area contributed by atoms with E-state index in [9.17, 15) is 9.59 Å². The van der Waals surface area contributed by atoms with Crippen LogP contribution in [0.4, 0.5) is 0 Å².